The lowest BCUT2D eigenvalue weighted by molar-refractivity contribution is -0.274. The number of anilines is 1. The normalized spacial score (nSPS) is 11.3. The fourth-order valence-corrected chi connectivity index (χ4v) is 3.21. The van der Waals surface area contributed by atoms with Gasteiger partial charge in [0.05, 0.1) is 11.9 Å². The van der Waals surface area contributed by atoms with E-state index in [9.17, 15) is 23.2 Å². The van der Waals surface area contributed by atoms with Gasteiger partial charge in [-0.3, -0.25) is 9.78 Å². The molecule has 1 heterocycles. The molecule has 7 nitrogen and oxygen atoms in total. The molecule has 0 radical (unpaired) electrons. The number of ether oxygens (including phenoxy) is 1. The number of benzene rings is 3. The van der Waals surface area contributed by atoms with Gasteiger partial charge in [-0.2, -0.15) is 10.4 Å². The fourth-order valence-electron chi connectivity index (χ4n) is 3.21. The molecule has 0 spiro atoms. The minimum absolute atomic E-state index is 0.0712. The van der Waals surface area contributed by atoms with E-state index in [4.69, 9.17) is 0 Å². The Morgan fingerprint density at radius 2 is 1.57 bits per heavy atom. The molecule has 3 aromatic carbocycles. The van der Waals surface area contributed by atoms with Crippen molar-refractivity contribution in [1.82, 2.24) is 9.97 Å². The van der Waals surface area contributed by atoms with Gasteiger partial charge in [0.2, 0.25) is 5.95 Å². The summed E-state index contributed by atoms with van der Waals surface area (Å²) in [6.07, 6.45) is -3.23. The molecule has 1 aromatic heterocycles. The van der Waals surface area contributed by atoms with Crippen molar-refractivity contribution in [3.8, 4) is 34.2 Å². The summed E-state index contributed by atoms with van der Waals surface area (Å²) >= 11 is 0. The van der Waals surface area contributed by atoms with Crippen LogP contribution >= 0.6 is 0 Å². The summed E-state index contributed by atoms with van der Waals surface area (Å²) in [5, 5.41) is 13.4. The number of alkyl halides is 3. The second kappa shape index (κ2) is 9.93. The SMILES string of the molecule is N#Cc1c(-c2ccccc2)nc(NN=Cc2ccc(-c3ccc(OC(F)(F)F)cc3)cc2)[nH]c1=O. The van der Waals surface area contributed by atoms with Gasteiger partial charge < -0.3 is 4.74 Å². The van der Waals surface area contributed by atoms with Gasteiger partial charge in [-0.1, -0.05) is 66.7 Å². The molecule has 0 aliphatic heterocycles. The van der Waals surface area contributed by atoms with Crippen molar-refractivity contribution in [3.63, 3.8) is 0 Å². The highest BCUT2D eigenvalue weighted by Crippen LogP contribution is 2.26. The number of hydrogen-bond acceptors (Lipinski definition) is 6. The third kappa shape index (κ3) is 5.91. The number of nitriles is 1. The summed E-state index contributed by atoms with van der Waals surface area (Å²) < 4.78 is 40.8. The lowest BCUT2D eigenvalue weighted by Crippen LogP contribution is -2.16. The van der Waals surface area contributed by atoms with Crippen molar-refractivity contribution in [2.24, 2.45) is 5.10 Å². The molecular formula is C25H16F3N5O2. The topological polar surface area (TPSA) is 103 Å². The van der Waals surface area contributed by atoms with Gasteiger partial charge in [-0.25, -0.2) is 10.4 Å². The van der Waals surface area contributed by atoms with E-state index in [1.165, 1.54) is 30.5 Å². The van der Waals surface area contributed by atoms with Crippen molar-refractivity contribution in [3.05, 3.63) is 100 Å². The van der Waals surface area contributed by atoms with Crippen molar-refractivity contribution in [1.29, 1.82) is 5.26 Å². The maximum Gasteiger partial charge on any atom is 0.573 e. The summed E-state index contributed by atoms with van der Waals surface area (Å²) in [5.74, 6) is -0.220. The number of rotatable bonds is 6. The first-order valence-corrected chi connectivity index (χ1v) is 10.2. The molecule has 0 atom stereocenters. The van der Waals surface area contributed by atoms with Crippen LogP contribution < -0.4 is 15.7 Å². The molecule has 0 saturated heterocycles. The van der Waals surface area contributed by atoms with E-state index in [-0.39, 0.29) is 23.0 Å². The minimum Gasteiger partial charge on any atom is -0.406 e. The van der Waals surface area contributed by atoms with Gasteiger partial charge in [-0.05, 0) is 28.8 Å². The lowest BCUT2D eigenvalue weighted by Gasteiger charge is -2.09. The van der Waals surface area contributed by atoms with E-state index in [0.29, 0.717) is 11.1 Å². The van der Waals surface area contributed by atoms with Crippen LogP contribution in [-0.2, 0) is 0 Å². The Labute approximate surface area is 197 Å². The minimum atomic E-state index is -4.74. The van der Waals surface area contributed by atoms with Crippen LogP contribution in [0.25, 0.3) is 22.4 Å². The molecule has 0 amide bonds. The van der Waals surface area contributed by atoms with Crippen LogP contribution in [0.15, 0.2) is 88.8 Å². The Kier molecular flexibility index (Phi) is 6.59. The summed E-state index contributed by atoms with van der Waals surface area (Å²) in [4.78, 5) is 19.1. The van der Waals surface area contributed by atoms with Crippen molar-refractivity contribution >= 4 is 12.2 Å². The number of nitrogens with one attached hydrogen (secondary N) is 2. The second-order valence-corrected chi connectivity index (χ2v) is 7.18. The maximum absolute atomic E-state index is 12.3. The molecule has 0 aliphatic rings. The molecule has 10 heteroatoms. The number of aromatic nitrogens is 2. The first kappa shape index (κ1) is 23.3. The summed E-state index contributed by atoms with van der Waals surface area (Å²) in [6, 6.07) is 23.4. The van der Waals surface area contributed by atoms with Crippen LogP contribution in [0.1, 0.15) is 11.1 Å². The van der Waals surface area contributed by atoms with E-state index in [1.54, 1.807) is 48.5 Å². The van der Waals surface area contributed by atoms with Crippen LogP contribution in [0.2, 0.25) is 0 Å². The highest BCUT2D eigenvalue weighted by atomic mass is 19.4. The van der Waals surface area contributed by atoms with Gasteiger partial charge in [0, 0.05) is 5.56 Å². The molecule has 4 aromatic rings. The van der Waals surface area contributed by atoms with E-state index in [1.807, 2.05) is 12.1 Å². The number of nitrogens with zero attached hydrogens (tertiary/aromatic N) is 3. The highest BCUT2D eigenvalue weighted by molar-refractivity contribution is 5.81. The fraction of sp³-hybridized carbons (Fsp3) is 0.0400. The van der Waals surface area contributed by atoms with Crippen molar-refractivity contribution in [2.45, 2.75) is 6.36 Å². The number of halogens is 3. The summed E-state index contributed by atoms with van der Waals surface area (Å²) in [6.45, 7) is 0. The van der Waals surface area contributed by atoms with Gasteiger partial charge >= 0.3 is 6.36 Å². The number of hydrazone groups is 1. The predicted octanol–water partition coefficient (Wildman–Crippen LogP) is 5.32. The first-order chi connectivity index (χ1) is 16.8. The van der Waals surface area contributed by atoms with Gasteiger partial charge in [0.1, 0.15) is 17.4 Å². The molecular weight excluding hydrogens is 459 g/mol. The third-order valence-electron chi connectivity index (χ3n) is 4.79. The molecule has 0 fully saturated rings. The number of hydrogen-bond donors (Lipinski definition) is 2. The summed E-state index contributed by atoms with van der Waals surface area (Å²) in [7, 11) is 0. The zero-order valence-corrected chi connectivity index (χ0v) is 17.9. The summed E-state index contributed by atoms with van der Waals surface area (Å²) in [5.41, 5.74) is 5.06. The average Bonchev–Trinajstić information content (AvgIpc) is 2.84. The van der Waals surface area contributed by atoms with Crippen molar-refractivity contribution in [2.75, 3.05) is 5.43 Å². The zero-order chi connectivity index (χ0) is 24.8. The molecule has 0 bridgehead atoms. The van der Waals surface area contributed by atoms with Crippen LogP contribution in [0.5, 0.6) is 5.75 Å². The quantitative estimate of drug-likeness (QED) is 0.290. The highest BCUT2D eigenvalue weighted by Gasteiger charge is 2.30. The van der Waals surface area contributed by atoms with E-state index >= 15 is 0 Å². The standard InChI is InChI=1S/C25H16F3N5O2/c26-25(27,28)35-20-12-10-18(11-13-20)17-8-6-16(7-9-17)15-30-33-24-31-22(19-4-2-1-3-5-19)21(14-29)23(34)32-24/h1-13,15H,(H2,31,32,33,34). The lowest BCUT2D eigenvalue weighted by atomic mass is 10.0. The predicted molar refractivity (Wildman–Crippen MR) is 125 cm³/mol. The van der Waals surface area contributed by atoms with E-state index < -0.39 is 11.9 Å². The zero-order valence-electron chi connectivity index (χ0n) is 17.9. The Morgan fingerprint density at radius 1 is 0.943 bits per heavy atom. The average molecular weight is 475 g/mol. The van der Waals surface area contributed by atoms with Crippen LogP contribution in [-0.4, -0.2) is 22.5 Å². The second-order valence-electron chi connectivity index (χ2n) is 7.18. The third-order valence-corrected chi connectivity index (χ3v) is 4.79. The van der Waals surface area contributed by atoms with Gasteiger partial charge in [-0.15, -0.1) is 13.2 Å². The molecule has 0 aliphatic carbocycles. The maximum atomic E-state index is 12.3. The molecule has 4 rings (SSSR count). The van der Waals surface area contributed by atoms with Crippen LogP contribution in [0, 0.1) is 11.3 Å². The molecule has 2 N–H and O–H groups in total. The van der Waals surface area contributed by atoms with E-state index in [2.05, 4.69) is 25.2 Å². The Bertz CT molecular complexity index is 1440. The largest absolute Gasteiger partial charge is 0.573 e. The van der Waals surface area contributed by atoms with Crippen molar-refractivity contribution < 1.29 is 17.9 Å². The van der Waals surface area contributed by atoms with Crippen LogP contribution in [0.3, 0.4) is 0 Å². The van der Waals surface area contributed by atoms with Gasteiger partial charge in [0.15, 0.2) is 0 Å². The Morgan fingerprint density at radius 3 is 2.17 bits per heavy atom. The Hall–Kier alpha value is -4.91. The van der Waals surface area contributed by atoms with E-state index in [0.717, 1.165) is 11.1 Å². The first-order valence-electron chi connectivity index (χ1n) is 10.2. The molecule has 35 heavy (non-hydrogen) atoms. The Balaban J connectivity index is 1.46. The molecule has 0 saturated carbocycles. The van der Waals surface area contributed by atoms with Crippen LogP contribution in [0.4, 0.5) is 19.1 Å². The number of H-pyrrole nitrogens is 1. The number of aromatic amines is 1. The molecule has 0 unspecified atom stereocenters. The smallest absolute Gasteiger partial charge is 0.406 e. The van der Waals surface area contributed by atoms with Gasteiger partial charge in [0.25, 0.3) is 5.56 Å². The monoisotopic (exact) mass is 475 g/mol. The molecule has 174 valence electrons.